The first kappa shape index (κ1) is 15.9. The maximum absolute atomic E-state index is 12.9. The van der Waals surface area contributed by atoms with Gasteiger partial charge in [-0.05, 0) is 43.2 Å². The van der Waals surface area contributed by atoms with Crippen LogP contribution in [-0.2, 0) is 6.42 Å². The number of amides is 1. The number of carbonyl (C=O) groups is 1. The Labute approximate surface area is 152 Å². The zero-order chi connectivity index (χ0) is 17.7. The summed E-state index contributed by atoms with van der Waals surface area (Å²) in [7, 11) is 0. The van der Waals surface area contributed by atoms with E-state index in [1.165, 1.54) is 0 Å². The lowest BCUT2D eigenvalue weighted by Crippen LogP contribution is -2.30. The van der Waals surface area contributed by atoms with Crippen LogP contribution in [0.2, 0.25) is 0 Å². The minimum atomic E-state index is -0.615. The van der Waals surface area contributed by atoms with E-state index in [4.69, 9.17) is 0 Å². The molecule has 0 radical (unpaired) electrons. The first-order valence-corrected chi connectivity index (χ1v) is 8.72. The Morgan fingerprint density at radius 3 is 2.80 bits per heavy atom. The van der Waals surface area contributed by atoms with Gasteiger partial charge in [0, 0.05) is 21.6 Å². The van der Waals surface area contributed by atoms with Gasteiger partial charge in [0.05, 0.1) is 5.52 Å². The number of aromatic nitrogens is 1. The summed E-state index contributed by atoms with van der Waals surface area (Å²) < 4.78 is 2.42. The predicted octanol–water partition coefficient (Wildman–Crippen LogP) is 3.84. The number of benzene rings is 2. The number of rotatable bonds is 2. The maximum Gasteiger partial charge on any atom is 0.268 e. The molecule has 5 nitrogen and oxygen atoms in total. The number of carbonyl (C=O) groups excluding carboxylic acids is 1. The van der Waals surface area contributed by atoms with Crippen molar-refractivity contribution in [3.63, 3.8) is 0 Å². The topological polar surface area (TPSA) is 71.3 Å². The molecule has 0 spiro atoms. The van der Waals surface area contributed by atoms with Crippen LogP contribution < -0.4 is 10.9 Å². The number of hydrogen-bond acceptors (Lipinski definition) is 3. The highest BCUT2D eigenvalue weighted by molar-refractivity contribution is 9.10. The van der Waals surface area contributed by atoms with E-state index in [0.29, 0.717) is 17.5 Å². The fourth-order valence-electron chi connectivity index (χ4n) is 3.48. The quantitative estimate of drug-likeness (QED) is 0.688. The largest absolute Gasteiger partial charge is 0.506 e. The van der Waals surface area contributed by atoms with Gasteiger partial charge in [-0.25, -0.2) is 0 Å². The Bertz CT molecular complexity index is 1090. The van der Waals surface area contributed by atoms with E-state index in [0.717, 1.165) is 15.6 Å². The Morgan fingerprint density at radius 2 is 2.04 bits per heavy atom. The lowest BCUT2D eigenvalue weighted by Gasteiger charge is -2.14. The zero-order valence-electron chi connectivity index (χ0n) is 13.4. The van der Waals surface area contributed by atoms with E-state index in [1.54, 1.807) is 28.8 Å². The average Bonchev–Trinajstić information content (AvgIpc) is 2.89. The van der Waals surface area contributed by atoms with Crippen molar-refractivity contribution in [3.8, 4) is 5.75 Å². The lowest BCUT2D eigenvalue weighted by molar-refractivity contribution is 0.102. The fourth-order valence-corrected chi connectivity index (χ4v) is 3.88. The van der Waals surface area contributed by atoms with E-state index in [2.05, 4.69) is 21.2 Å². The van der Waals surface area contributed by atoms with E-state index < -0.39 is 11.5 Å². The third kappa shape index (κ3) is 2.44. The number of nitrogens with zero attached hydrogens (tertiary/aromatic N) is 1. The molecule has 2 heterocycles. The van der Waals surface area contributed by atoms with Crippen LogP contribution in [0.25, 0.3) is 10.9 Å². The summed E-state index contributed by atoms with van der Waals surface area (Å²) >= 11 is 3.34. The average molecular weight is 399 g/mol. The molecule has 0 fully saturated rings. The van der Waals surface area contributed by atoms with Gasteiger partial charge in [-0.15, -0.1) is 0 Å². The van der Waals surface area contributed by atoms with Crippen LogP contribution in [0.5, 0.6) is 5.75 Å². The molecule has 0 saturated heterocycles. The molecule has 0 saturated carbocycles. The molecule has 3 aromatic rings. The summed E-state index contributed by atoms with van der Waals surface area (Å²) in [6.45, 7) is 1.94. The van der Waals surface area contributed by atoms with Gasteiger partial charge in [-0.2, -0.15) is 0 Å². The van der Waals surface area contributed by atoms with Crippen molar-refractivity contribution in [3.05, 3.63) is 68.4 Å². The van der Waals surface area contributed by atoms with Crippen LogP contribution in [-0.4, -0.2) is 15.6 Å². The van der Waals surface area contributed by atoms with E-state index in [1.807, 2.05) is 25.1 Å². The Hall–Kier alpha value is -2.60. The molecule has 4 rings (SSSR count). The Kier molecular flexibility index (Phi) is 3.65. The number of anilines is 1. The third-order valence-electron chi connectivity index (χ3n) is 4.55. The highest BCUT2D eigenvalue weighted by atomic mass is 79.9. The minimum absolute atomic E-state index is 0.0505. The molecular weight excluding hydrogens is 384 g/mol. The Morgan fingerprint density at radius 1 is 1.28 bits per heavy atom. The number of nitrogens with one attached hydrogen (secondary N) is 1. The molecular formula is C19H15BrN2O3. The van der Waals surface area contributed by atoms with Crippen LogP contribution >= 0.6 is 15.9 Å². The van der Waals surface area contributed by atoms with Crippen molar-refractivity contribution in [2.45, 2.75) is 19.4 Å². The number of para-hydroxylation sites is 1. The summed E-state index contributed by atoms with van der Waals surface area (Å²) in [6.07, 6.45) is 0.711. The highest BCUT2D eigenvalue weighted by Gasteiger charge is 2.29. The molecule has 126 valence electrons. The molecule has 1 aliphatic heterocycles. The molecule has 2 aromatic carbocycles. The van der Waals surface area contributed by atoms with Crippen molar-refractivity contribution in [1.29, 1.82) is 0 Å². The van der Waals surface area contributed by atoms with Gasteiger partial charge in [-0.3, -0.25) is 9.59 Å². The molecule has 1 aliphatic rings. The van der Waals surface area contributed by atoms with Gasteiger partial charge in [-0.1, -0.05) is 34.1 Å². The smallest absolute Gasteiger partial charge is 0.268 e. The molecule has 25 heavy (non-hydrogen) atoms. The second-order valence-corrected chi connectivity index (χ2v) is 7.15. The molecule has 2 N–H and O–H groups in total. The van der Waals surface area contributed by atoms with E-state index >= 15 is 0 Å². The summed E-state index contributed by atoms with van der Waals surface area (Å²) in [4.78, 5) is 25.6. The van der Waals surface area contributed by atoms with Gasteiger partial charge >= 0.3 is 0 Å². The van der Waals surface area contributed by atoms with E-state index in [9.17, 15) is 14.7 Å². The van der Waals surface area contributed by atoms with Crippen molar-refractivity contribution in [1.82, 2.24) is 4.57 Å². The highest BCUT2D eigenvalue weighted by Crippen LogP contribution is 2.36. The van der Waals surface area contributed by atoms with Crippen LogP contribution in [0.15, 0.2) is 51.7 Å². The minimum Gasteiger partial charge on any atom is -0.506 e. The number of aromatic hydroxyl groups is 1. The first-order chi connectivity index (χ1) is 12.0. The predicted molar refractivity (Wildman–Crippen MR) is 100 cm³/mol. The van der Waals surface area contributed by atoms with Gasteiger partial charge in [0.15, 0.2) is 0 Å². The molecule has 0 bridgehead atoms. The van der Waals surface area contributed by atoms with Gasteiger partial charge < -0.3 is 15.0 Å². The molecule has 0 aliphatic carbocycles. The lowest BCUT2D eigenvalue weighted by atomic mass is 10.1. The second kappa shape index (κ2) is 5.74. The van der Waals surface area contributed by atoms with Crippen molar-refractivity contribution in [2.24, 2.45) is 0 Å². The van der Waals surface area contributed by atoms with Gasteiger partial charge in [0.25, 0.3) is 11.5 Å². The Balaban J connectivity index is 1.89. The zero-order valence-corrected chi connectivity index (χ0v) is 15.0. The van der Waals surface area contributed by atoms with Crippen LogP contribution in [0, 0.1) is 0 Å². The number of hydrogen-bond donors (Lipinski definition) is 2. The van der Waals surface area contributed by atoms with Crippen molar-refractivity contribution >= 4 is 38.4 Å². The summed E-state index contributed by atoms with van der Waals surface area (Å²) in [5.74, 6) is -0.879. The molecule has 1 aromatic heterocycles. The summed E-state index contributed by atoms with van der Waals surface area (Å²) in [5, 5.41) is 13.8. The van der Waals surface area contributed by atoms with Gasteiger partial charge in [0.2, 0.25) is 0 Å². The van der Waals surface area contributed by atoms with Crippen LogP contribution in [0.4, 0.5) is 5.69 Å². The number of halogens is 1. The van der Waals surface area contributed by atoms with Gasteiger partial charge in [0.1, 0.15) is 11.3 Å². The summed E-state index contributed by atoms with van der Waals surface area (Å²) in [6, 6.07) is 12.5. The monoisotopic (exact) mass is 398 g/mol. The van der Waals surface area contributed by atoms with Crippen molar-refractivity contribution in [2.75, 3.05) is 5.32 Å². The molecule has 1 atom stereocenters. The third-order valence-corrected chi connectivity index (χ3v) is 5.04. The normalized spacial score (nSPS) is 15.5. The van der Waals surface area contributed by atoms with E-state index in [-0.39, 0.29) is 17.4 Å². The molecule has 1 amide bonds. The van der Waals surface area contributed by atoms with Crippen molar-refractivity contribution < 1.29 is 9.90 Å². The SMILES string of the molecule is CC1Cc2cccc3c(O)c(C(=O)Nc4cccc(Br)c4)c(=O)n1c23. The fraction of sp³-hybridized carbons (Fsp3) is 0.158. The summed E-state index contributed by atoms with van der Waals surface area (Å²) in [5.41, 5.74) is 1.59. The first-order valence-electron chi connectivity index (χ1n) is 7.93. The second-order valence-electron chi connectivity index (χ2n) is 6.23. The molecule has 6 heteroatoms. The maximum atomic E-state index is 12.9. The molecule has 1 unspecified atom stereocenters. The van der Waals surface area contributed by atoms with Crippen LogP contribution in [0.3, 0.4) is 0 Å². The standard InChI is InChI=1S/C19H15BrN2O3/c1-10-8-11-4-2-7-14-16(11)22(10)19(25)15(17(14)23)18(24)21-13-6-3-5-12(20)9-13/h2-7,9-10,23H,8H2,1H3,(H,21,24). The van der Waals surface area contributed by atoms with Crippen LogP contribution in [0.1, 0.15) is 28.9 Å². The number of pyridine rings is 1.